The van der Waals surface area contributed by atoms with Gasteiger partial charge in [-0.3, -0.25) is 0 Å². The van der Waals surface area contributed by atoms with Crippen LogP contribution in [0.2, 0.25) is 0 Å². The summed E-state index contributed by atoms with van der Waals surface area (Å²) in [7, 11) is 0. The van der Waals surface area contributed by atoms with Gasteiger partial charge in [0.15, 0.2) is 0 Å². The third kappa shape index (κ3) is 4.65. The van der Waals surface area contributed by atoms with Crippen LogP contribution in [0.1, 0.15) is 52.4 Å². The van der Waals surface area contributed by atoms with Gasteiger partial charge in [-0.15, -0.1) is 11.6 Å². The maximum atomic E-state index is 6.26. The van der Waals surface area contributed by atoms with E-state index in [-0.39, 0.29) is 0 Å². The van der Waals surface area contributed by atoms with Crippen LogP contribution in [0.15, 0.2) is 0 Å². The standard InChI is InChI=1S/C12H24ClN/c1-10(2)6-5-9-14-12-8-4-3-7-11(12)13/h10-12,14H,3-9H2,1-2H3. The minimum absolute atomic E-state index is 0.378. The first-order valence-electron chi connectivity index (χ1n) is 6.07. The number of nitrogens with one attached hydrogen (secondary N) is 1. The molecule has 1 nitrogen and oxygen atoms in total. The number of alkyl halides is 1. The van der Waals surface area contributed by atoms with Crippen molar-refractivity contribution in [3.63, 3.8) is 0 Å². The Bertz CT molecular complexity index is 147. The number of hydrogen-bond donors (Lipinski definition) is 1. The molecule has 1 N–H and O–H groups in total. The summed E-state index contributed by atoms with van der Waals surface area (Å²) in [5.74, 6) is 0.829. The summed E-state index contributed by atoms with van der Waals surface area (Å²) in [6.45, 7) is 5.71. The van der Waals surface area contributed by atoms with E-state index in [9.17, 15) is 0 Å². The van der Waals surface area contributed by atoms with Crippen molar-refractivity contribution in [1.29, 1.82) is 0 Å². The van der Waals surface area contributed by atoms with Gasteiger partial charge in [0.25, 0.3) is 0 Å². The monoisotopic (exact) mass is 217 g/mol. The molecule has 1 rings (SSSR count). The molecule has 84 valence electrons. The Hall–Kier alpha value is 0.250. The van der Waals surface area contributed by atoms with E-state index in [1.165, 1.54) is 38.5 Å². The molecular weight excluding hydrogens is 194 g/mol. The molecule has 0 bridgehead atoms. The summed E-state index contributed by atoms with van der Waals surface area (Å²) in [4.78, 5) is 0. The molecule has 0 aromatic rings. The first-order chi connectivity index (χ1) is 6.70. The predicted molar refractivity (Wildman–Crippen MR) is 64.0 cm³/mol. The highest BCUT2D eigenvalue weighted by Gasteiger charge is 2.21. The molecule has 0 aromatic carbocycles. The van der Waals surface area contributed by atoms with Gasteiger partial charge in [0.05, 0.1) is 0 Å². The zero-order valence-electron chi connectivity index (χ0n) is 9.56. The number of halogens is 1. The second-order valence-electron chi connectivity index (χ2n) is 4.90. The minimum Gasteiger partial charge on any atom is -0.313 e. The van der Waals surface area contributed by atoms with Crippen LogP contribution < -0.4 is 5.32 Å². The van der Waals surface area contributed by atoms with Crippen molar-refractivity contribution in [2.24, 2.45) is 5.92 Å². The molecule has 0 amide bonds. The Balaban J connectivity index is 2.04. The van der Waals surface area contributed by atoms with Crippen molar-refractivity contribution < 1.29 is 0 Å². The largest absolute Gasteiger partial charge is 0.313 e. The molecule has 2 unspecified atom stereocenters. The molecule has 2 atom stereocenters. The smallest absolute Gasteiger partial charge is 0.0489 e. The van der Waals surface area contributed by atoms with Crippen molar-refractivity contribution in [3.05, 3.63) is 0 Å². The van der Waals surface area contributed by atoms with Gasteiger partial charge < -0.3 is 5.32 Å². The van der Waals surface area contributed by atoms with Crippen molar-refractivity contribution in [1.82, 2.24) is 5.32 Å². The average Bonchev–Trinajstić information content (AvgIpc) is 2.15. The third-order valence-corrected chi connectivity index (χ3v) is 3.57. The summed E-state index contributed by atoms with van der Waals surface area (Å²) in [6, 6.07) is 0.581. The average molecular weight is 218 g/mol. The summed E-state index contributed by atoms with van der Waals surface area (Å²) in [5.41, 5.74) is 0. The molecule has 1 aliphatic rings. The SMILES string of the molecule is CC(C)CCCNC1CCCCC1Cl. The molecule has 1 aliphatic carbocycles. The van der Waals surface area contributed by atoms with Crippen molar-refractivity contribution in [3.8, 4) is 0 Å². The first kappa shape index (κ1) is 12.3. The molecule has 14 heavy (non-hydrogen) atoms. The Kier molecular flexibility index (Phi) is 5.88. The molecule has 1 saturated carbocycles. The van der Waals surface area contributed by atoms with Gasteiger partial charge in [0, 0.05) is 11.4 Å². The van der Waals surface area contributed by atoms with E-state index in [2.05, 4.69) is 19.2 Å². The predicted octanol–water partition coefficient (Wildman–Crippen LogP) is 3.56. The maximum Gasteiger partial charge on any atom is 0.0489 e. The van der Waals surface area contributed by atoms with Crippen LogP contribution >= 0.6 is 11.6 Å². The van der Waals surface area contributed by atoms with E-state index in [4.69, 9.17) is 11.6 Å². The highest BCUT2D eigenvalue weighted by Crippen LogP contribution is 2.22. The lowest BCUT2D eigenvalue weighted by Crippen LogP contribution is -2.39. The second-order valence-corrected chi connectivity index (χ2v) is 5.46. The molecule has 0 aliphatic heterocycles. The molecule has 2 heteroatoms. The zero-order valence-corrected chi connectivity index (χ0v) is 10.3. The van der Waals surface area contributed by atoms with Crippen LogP contribution in [-0.4, -0.2) is 18.0 Å². The first-order valence-corrected chi connectivity index (χ1v) is 6.51. The maximum absolute atomic E-state index is 6.26. The van der Waals surface area contributed by atoms with Crippen LogP contribution in [0.5, 0.6) is 0 Å². The molecule has 0 saturated heterocycles. The highest BCUT2D eigenvalue weighted by atomic mass is 35.5. The van der Waals surface area contributed by atoms with Crippen LogP contribution in [-0.2, 0) is 0 Å². The lowest BCUT2D eigenvalue weighted by Gasteiger charge is -2.28. The molecule has 0 heterocycles. The van der Waals surface area contributed by atoms with Gasteiger partial charge in [-0.1, -0.05) is 26.7 Å². The van der Waals surface area contributed by atoms with Gasteiger partial charge in [-0.25, -0.2) is 0 Å². The normalized spacial score (nSPS) is 28.3. The Morgan fingerprint density at radius 3 is 2.64 bits per heavy atom. The van der Waals surface area contributed by atoms with E-state index >= 15 is 0 Å². The van der Waals surface area contributed by atoms with Gasteiger partial charge in [0.2, 0.25) is 0 Å². The van der Waals surface area contributed by atoms with Gasteiger partial charge in [-0.05, 0) is 38.1 Å². The Morgan fingerprint density at radius 2 is 2.00 bits per heavy atom. The highest BCUT2D eigenvalue weighted by molar-refractivity contribution is 6.21. The van der Waals surface area contributed by atoms with Gasteiger partial charge in [-0.2, -0.15) is 0 Å². The van der Waals surface area contributed by atoms with E-state index in [1.54, 1.807) is 0 Å². The van der Waals surface area contributed by atoms with Crippen LogP contribution in [0.3, 0.4) is 0 Å². The second kappa shape index (κ2) is 6.68. The fourth-order valence-electron chi connectivity index (χ4n) is 2.11. The zero-order chi connectivity index (χ0) is 10.4. The van der Waals surface area contributed by atoms with Crippen LogP contribution in [0.4, 0.5) is 0 Å². The third-order valence-electron chi connectivity index (χ3n) is 3.05. The fourth-order valence-corrected chi connectivity index (χ4v) is 2.48. The van der Waals surface area contributed by atoms with Crippen molar-refractivity contribution >= 4 is 11.6 Å². The van der Waals surface area contributed by atoms with Gasteiger partial charge in [0.1, 0.15) is 0 Å². The summed E-state index contributed by atoms with van der Waals surface area (Å²) >= 11 is 6.26. The van der Waals surface area contributed by atoms with Crippen molar-refractivity contribution in [2.45, 2.75) is 63.8 Å². The van der Waals surface area contributed by atoms with Crippen LogP contribution in [0, 0.1) is 5.92 Å². The number of rotatable bonds is 5. The summed E-state index contributed by atoms with van der Waals surface area (Å²) < 4.78 is 0. The minimum atomic E-state index is 0.378. The molecule has 0 spiro atoms. The molecule has 1 fully saturated rings. The lowest BCUT2D eigenvalue weighted by molar-refractivity contribution is 0.372. The van der Waals surface area contributed by atoms with E-state index in [0.29, 0.717) is 11.4 Å². The lowest BCUT2D eigenvalue weighted by atomic mass is 9.95. The quantitative estimate of drug-likeness (QED) is 0.549. The molecular formula is C12H24ClN. The van der Waals surface area contributed by atoms with Crippen LogP contribution in [0.25, 0.3) is 0 Å². The topological polar surface area (TPSA) is 12.0 Å². The van der Waals surface area contributed by atoms with E-state index in [1.807, 2.05) is 0 Å². The number of hydrogen-bond acceptors (Lipinski definition) is 1. The Labute approximate surface area is 93.6 Å². The summed E-state index contributed by atoms with van der Waals surface area (Å²) in [5, 5.41) is 3.97. The molecule has 0 radical (unpaired) electrons. The Morgan fingerprint density at radius 1 is 1.29 bits per heavy atom. The van der Waals surface area contributed by atoms with Crippen molar-refractivity contribution in [2.75, 3.05) is 6.54 Å². The van der Waals surface area contributed by atoms with E-state index < -0.39 is 0 Å². The summed E-state index contributed by atoms with van der Waals surface area (Å²) in [6.07, 6.45) is 7.76. The van der Waals surface area contributed by atoms with E-state index in [0.717, 1.165) is 12.5 Å². The fraction of sp³-hybridized carbons (Fsp3) is 1.00. The molecule has 0 aromatic heterocycles. The van der Waals surface area contributed by atoms with Gasteiger partial charge >= 0.3 is 0 Å².